The Kier molecular flexibility index (Phi) is 5.31. The van der Waals surface area contributed by atoms with E-state index in [1.54, 1.807) is 0 Å². The summed E-state index contributed by atoms with van der Waals surface area (Å²) in [7, 11) is -7.54. The third-order valence-electron chi connectivity index (χ3n) is 3.86. The predicted octanol–water partition coefficient (Wildman–Crippen LogP) is 2.77. The van der Waals surface area contributed by atoms with E-state index in [4.69, 9.17) is 4.18 Å². The summed E-state index contributed by atoms with van der Waals surface area (Å²) in [5.41, 5.74) is -1.02. The van der Waals surface area contributed by atoms with E-state index in [1.165, 1.54) is 0 Å². The maximum Gasteiger partial charge on any atom is 0.416 e. The van der Waals surface area contributed by atoms with Gasteiger partial charge >= 0.3 is 6.18 Å². The molecular formula is C14H17F3O5S2. The highest BCUT2D eigenvalue weighted by molar-refractivity contribution is 7.92. The molecule has 0 saturated heterocycles. The second-order valence-corrected chi connectivity index (χ2v) is 9.60. The number of alkyl halides is 3. The van der Waals surface area contributed by atoms with Crippen molar-refractivity contribution in [2.24, 2.45) is 0 Å². The number of hydrogen-bond acceptors (Lipinski definition) is 5. The number of sulfone groups is 1. The summed E-state index contributed by atoms with van der Waals surface area (Å²) in [6, 6.07) is 3.65. The lowest BCUT2D eigenvalue weighted by Crippen LogP contribution is -2.31. The summed E-state index contributed by atoms with van der Waals surface area (Å²) in [6.07, 6.45) is -3.58. The molecule has 1 aliphatic carbocycles. The van der Waals surface area contributed by atoms with Crippen LogP contribution in [0.25, 0.3) is 0 Å². The van der Waals surface area contributed by atoms with Crippen LogP contribution >= 0.6 is 0 Å². The van der Waals surface area contributed by atoms with Gasteiger partial charge in [-0.2, -0.15) is 21.6 Å². The van der Waals surface area contributed by atoms with Crippen LogP contribution in [0.1, 0.15) is 31.2 Å². The molecule has 0 atom stereocenters. The molecule has 0 aromatic heterocycles. The van der Waals surface area contributed by atoms with Crippen LogP contribution in [0, 0.1) is 0 Å². The molecule has 1 aromatic rings. The Balaban J connectivity index is 2.15. The standard InChI is InChI=1S/C14H17F3O5S2/c1-23(18,19)22-11-5-7-12(8-6-11)24(20,21)13-4-2-3-10(9-13)14(15,16)17/h2-4,9,11-12H,5-8H2,1H3. The molecular weight excluding hydrogens is 369 g/mol. The fourth-order valence-corrected chi connectivity index (χ4v) is 5.25. The van der Waals surface area contributed by atoms with E-state index in [9.17, 15) is 30.0 Å². The fraction of sp³-hybridized carbons (Fsp3) is 0.571. The zero-order valence-electron chi connectivity index (χ0n) is 12.8. The van der Waals surface area contributed by atoms with Crippen molar-refractivity contribution in [3.8, 4) is 0 Å². The molecule has 0 N–H and O–H groups in total. The second-order valence-electron chi connectivity index (χ2n) is 5.77. The van der Waals surface area contributed by atoms with Gasteiger partial charge in [-0.3, -0.25) is 4.18 Å². The Morgan fingerprint density at radius 1 is 1.04 bits per heavy atom. The van der Waals surface area contributed by atoms with Gasteiger partial charge in [-0.1, -0.05) is 6.07 Å². The average molecular weight is 386 g/mol. The van der Waals surface area contributed by atoms with Crippen molar-refractivity contribution < 1.29 is 34.2 Å². The third-order valence-corrected chi connectivity index (χ3v) is 6.74. The van der Waals surface area contributed by atoms with E-state index < -0.39 is 43.0 Å². The van der Waals surface area contributed by atoms with Gasteiger partial charge in [-0.05, 0) is 43.9 Å². The second kappa shape index (κ2) is 6.64. The van der Waals surface area contributed by atoms with Crippen molar-refractivity contribution in [1.82, 2.24) is 0 Å². The first-order valence-corrected chi connectivity index (χ1v) is 10.6. The van der Waals surface area contributed by atoms with Crippen LogP contribution in [-0.2, 0) is 30.3 Å². The van der Waals surface area contributed by atoms with E-state index in [1.807, 2.05) is 0 Å². The molecule has 0 radical (unpaired) electrons. The van der Waals surface area contributed by atoms with Gasteiger partial charge in [-0.15, -0.1) is 0 Å². The molecule has 0 unspecified atom stereocenters. The average Bonchev–Trinajstić information content (AvgIpc) is 2.45. The van der Waals surface area contributed by atoms with Gasteiger partial charge < -0.3 is 0 Å². The van der Waals surface area contributed by atoms with E-state index in [-0.39, 0.29) is 30.6 Å². The first kappa shape index (κ1) is 19.2. The van der Waals surface area contributed by atoms with Crippen LogP contribution in [0.3, 0.4) is 0 Å². The molecule has 0 bridgehead atoms. The lowest BCUT2D eigenvalue weighted by Gasteiger charge is -2.27. The molecule has 1 fully saturated rings. The number of rotatable bonds is 4. The minimum absolute atomic E-state index is 0.138. The number of benzene rings is 1. The highest BCUT2D eigenvalue weighted by Gasteiger charge is 2.36. The monoisotopic (exact) mass is 386 g/mol. The summed E-state index contributed by atoms with van der Waals surface area (Å²) in [5, 5.41) is -0.847. The number of halogens is 3. The molecule has 0 spiro atoms. The third kappa shape index (κ3) is 4.70. The Morgan fingerprint density at radius 3 is 2.12 bits per heavy atom. The largest absolute Gasteiger partial charge is 0.416 e. The molecule has 10 heteroatoms. The minimum atomic E-state index is -4.62. The van der Waals surface area contributed by atoms with Crippen molar-refractivity contribution in [3.63, 3.8) is 0 Å². The van der Waals surface area contributed by atoms with E-state index in [0.29, 0.717) is 6.07 Å². The van der Waals surface area contributed by atoms with Gasteiger partial charge in [0.2, 0.25) is 0 Å². The number of hydrogen-bond donors (Lipinski definition) is 0. The first-order valence-electron chi connectivity index (χ1n) is 7.19. The van der Waals surface area contributed by atoms with Gasteiger partial charge in [0.25, 0.3) is 10.1 Å². The lowest BCUT2D eigenvalue weighted by molar-refractivity contribution is -0.137. The molecule has 0 amide bonds. The zero-order chi connectivity index (χ0) is 18.2. The summed E-state index contributed by atoms with van der Waals surface area (Å²) < 4.78 is 90.3. The molecule has 2 rings (SSSR count). The Hall–Kier alpha value is -1.13. The highest BCUT2D eigenvalue weighted by Crippen LogP contribution is 2.34. The maximum absolute atomic E-state index is 12.7. The molecule has 136 valence electrons. The van der Waals surface area contributed by atoms with E-state index in [0.717, 1.165) is 24.5 Å². The Morgan fingerprint density at radius 2 is 1.62 bits per heavy atom. The molecule has 0 aliphatic heterocycles. The summed E-state index contributed by atoms with van der Waals surface area (Å²) in [5.74, 6) is 0. The summed E-state index contributed by atoms with van der Waals surface area (Å²) >= 11 is 0. The summed E-state index contributed by atoms with van der Waals surface area (Å²) in [4.78, 5) is -0.371. The van der Waals surface area contributed by atoms with Gasteiger partial charge in [0.05, 0.1) is 28.1 Å². The minimum Gasteiger partial charge on any atom is -0.267 e. The van der Waals surface area contributed by atoms with Crippen molar-refractivity contribution in [2.45, 2.75) is 48.1 Å². The summed E-state index contributed by atoms with van der Waals surface area (Å²) in [6.45, 7) is 0. The smallest absolute Gasteiger partial charge is 0.267 e. The topological polar surface area (TPSA) is 77.5 Å². The van der Waals surface area contributed by atoms with Crippen LogP contribution in [0.2, 0.25) is 0 Å². The first-order chi connectivity index (χ1) is 10.9. The normalized spacial score (nSPS) is 23.2. The molecule has 24 heavy (non-hydrogen) atoms. The van der Waals surface area contributed by atoms with Crippen molar-refractivity contribution in [2.75, 3.05) is 6.26 Å². The van der Waals surface area contributed by atoms with Gasteiger partial charge in [0.15, 0.2) is 9.84 Å². The SMILES string of the molecule is CS(=O)(=O)OC1CCC(S(=O)(=O)c2cccc(C(F)(F)F)c2)CC1. The van der Waals surface area contributed by atoms with Crippen molar-refractivity contribution >= 4 is 20.0 Å². The molecule has 0 heterocycles. The van der Waals surface area contributed by atoms with Crippen LogP contribution in [0.15, 0.2) is 29.2 Å². The van der Waals surface area contributed by atoms with Crippen LogP contribution < -0.4 is 0 Å². The fourth-order valence-electron chi connectivity index (χ4n) is 2.73. The molecule has 1 aromatic carbocycles. The van der Waals surface area contributed by atoms with E-state index >= 15 is 0 Å². The highest BCUT2D eigenvalue weighted by atomic mass is 32.2. The van der Waals surface area contributed by atoms with Crippen LogP contribution in [0.5, 0.6) is 0 Å². The predicted molar refractivity (Wildman–Crippen MR) is 80.6 cm³/mol. The van der Waals surface area contributed by atoms with Crippen molar-refractivity contribution in [3.05, 3.63) is 29.8 Å². The maximum atomic E-state index is 12.7. The van der Waals surface area contributed by atoms with E-state index in [2.05, 4.69) is 0 Å². The molecule has 1 aliphatic rings. The molecule has 5 nitrogen and oxygen atoms in total. The quantitative estimate of drug-likeness (QED) is 0.744. The van der Waals surface area contributed by atoms with Crippen molar-refractivity contribution in [1.29, 1.82) is 0 Å². The lowest BCUT2D eigenvalue weighted by atomic mass is 9.97. The zero-order valence-corrected chi connectivity index (χ0v) is 14.4. The van der Waals surface area contributed by atoms with Gasteiger partial charge in [0.1, 0.15) is 0 Å². The Bertz CT molecular complexity index is 792. The van der Waals surface area contributed by atoms with Gasteiger partial charge in [0, 0.05) is 0 Å². The Labute approximate surface area is 138 Å². The van der Waals surface area contributed by atoms with Crippen LogP contribution in [0.4, 0.5) is 13.2 Å². The van der Waals surface area contributed by atoms with Crippen LogP contribution in [-0.4, -0.2) is 34.4 Å². The van der Waals surface area contributed by atoms with Gasteiger partial charge in [-0.25, -0.2) is 8.42 Å². The molecule has 1 saturated carbocycles.